The van der Waals surface area contributed by atoms with Crippen LogP contribution in [0.3, 0.4) is 0 Å². The fourth-order valence-corrected chi connectivity index (χ4v) is 1.60. The second-order valence-corrected chi connectivity index (χ2v) is 5.91. The van der Waals surface area contributed by atoms with Gasteiger partial charge in [-0.2, -0.15) is 0 Å². The number of carbonyl (C=O) groups is 2. The molecule has 1 aromatic rings. The highest BCUT2D eigenvalue weighted by atomic mass is 16.6. The number of non-ortho nitro benzene ring substituents is 1. The lowest BCUT2D eigenvalue weighted by atomic mass is 10.2. The maximum absolute atomic E-state index is 11.9. The third kappa shape index (κ3) is 6.61. The van der Waals surface area contributed by atoms with Gasteiger partial charge in [0.25, 0.3) is 5.69 Å². The highest BCUT2D eigenvalue weighted by molar-refractivity contribution is 5.81. The lowest BCUT2D eigenvalue weighted by molar-refractivity contribution is -0.384. The van der Waals surface area contributed by atoms with E-state index in [1.807, 2.05) is 0 Å². The lowest BCUT2D eigenvalue weighted by Crippen LogP contribution is -2.46. The summed E-state index contributed by atoms with van der Waals surface area (Å²) in [6, 6.07) is 4.19. The number of aliphatic hydroxyl groups is 1. The molecule has 132 valence electrons. The van der Waals surface area contributed by atoms with Gasteiger partial charge in [0.2, 0.25) is 0 Å². The molecule has 0 aliphatic carbocycles. The van der Waals surface area contributed by atoms with E-state index in [4.69, 9.17) is 9.47 Å². The van der Waals surface area contributed by atoms with Crippen molar-refractivity contribution in [1.29, 1.82) is 0 Å². The maximum atomic E-state index is 11.9. The molecule has 1 atom stereocenters. The Balaban J connectivity index is 2.55. The summed E-state index contributed by atoms with van der Waals surface area (Å²) >= 11 is 0. The molecule has 0 spiro atoms. The number of nitrogens with one attached hydrogen (secondary N) is 1. The molecule has 9 heteroatoms. The highest BCUT2D eigenvalue weighted by Gasteiger charge is 2.25. The Hall–Kier alpha value is -2.68. The Morgan fingerprint density at radius 2 is 1.88 bits per heavy atom. The number of ether oxygens (including phenoxy) is 2. The van der Waals surface area contributed by atoms with E-state index in [1.165, 1.54) is 24.3 Å². The van der Waals surface area contributed by atoms with Crippen LogP contribution in [0.15, 0.2) is 24.3 Å². The van der Waals surface area contributed by atoms with Crippen molar-refractivity contribution in [2.75, 3.05) is 6.61 Å². The summed E-state index contributed by atoms with van der Waals surface area (Å²) in [6.45, 7) is 4.18. The molecule has 0 heterocycles. The molecule has 0 radical (unpaired) electrons. The zero-order chi connectivity index (χ0) is 18.3. The van der Waals surface area contributed by atoms with Gasteiger partial charge in [-0.1, -0.05) is 0 Å². The van der Waals surface area contributed by atoms with Crippen LogP contribution in [-0.4, -0.2) is 40.3 Å². The molecular formula is C15H20N2O7. The second kappa shape index (κ2) is 8.25. The van der Waals surface area contributed by atoms with E-state index in [-0.39, 0.29) is 12.3 Å². The topological polar surface area (TPSA) is 128 Å². The van der Waals surface area contributed by atoms with Gasteiger partial charge >= 0.3 is 12.1 Å². The number of nitrogens with zero attached hydrogens (tertiary/aromatic N) is 1. The van der Waals surface area contributed by atoms with Crippen molar-refractivity contribution in [3.63, 3.8) is 0 Å². The van der Waals surface area contributed by atoms with Crippen LogP contribution in [-0.2, 0) is 20.9 Å². The quantitative estimate of drug-likeness (QED) is 0.456. The van der Waals surface area contributed by atoms with E-state index < -0.39 is 35.2 Å². The number of nitro benzene ring substituents is 1. The van der Waals surface area contributed by atoms with Crippen molar-refractivity contribution in [2.45, 2.75) is 39.0 Å². The molecule has 0 aromatic heterocycles. The number of amides is 1. The summed E-state index contributed by atoms with van der Waals surface area (Å²) in [5.74, 6) is -0.846. The Morgan fingerprint density at radius 1 is 1.29 bits per heavy atom. The number of hydrogen-bond acceptors (Lipinski definition) is 7. The highest BCUT2D eigenvalue weighted by Crippen LogP contribution is 2.13. The summed E-state index contributed by atoms with van der Waals surface area (Å²) in [4.78, 5) is 33.5. The van der Waals surface area contributed by atoms with Gasteiger partial charge in [0.1, 0.15) is 12.2 Å². The van der Waals surface area contributed by atoms with Crippen molar-refractivity contribution in [1.82, 2.24) is 5.32 Å². The van der Waals surface area contributed by atoms with Gasteiger partial charge in [0.05, 0.1) is 11.5 Å². The molecule has 1 rings (SSSR count). The van der Waals surface area contributed by atoms with E-state index in [1.54, 1.807) is 20.8 Å². The van der Waals surface area contributed by atoms with E-state index in [0.717, 1.165) is 0 Å². The Labute approximate surface area is 138 Å². The van der Waals surface area contributed by atoms with Crippen molar-refractivity contribution < 1.29 is 29.1 Å². The van der Waals surface area contributed by atoms with E-state index in [9.17, 15) is 24.8 Å². The number of nitro groups is 1. The number of rotatable bonds is 6. The van der Waals surface area contributed by atoms with Crippen LogP contribution in [0.4, 0.5) is 10.5 Å². The molecule has 0 aliphatic heterocycles. The number of esters is 1. The molecular weight excluding hydrogens is 320 g/mol. The fourth-order valence-electron chi connectivity index (χ4n) is 1.60. The molecule has 24 heavy (non-hydrogen) atoms. The number of alkyl carbamates (subject to hydrolysis) is 1. The second-order valence-electron chi connectivity index (χ2n) is 5.91. The van der Waals surface area contributed by atoms with Crippen LogP contribution in [0.2, 0.25) is 0 Å². The molecule has 0 saturated heterocycles. The van der Waals surface area contributed by atoms with E-state index in [2.05, 4.69) is 5.32 Å². The summed E-state index contributed by atoms with van der Waals surface area (Å²) in [5.41, 5.74) is -0.292. The van der Waals surface area contributed by atoms with E-state index >= 15 is 0 Å². The normalized spacial score (nSPS) is 12.2. The first-order valence-corrected chi connectivity index (χ1v) is 7.12. The lowest BCUT2D eigenvalue weighted by Gasteiger charge is -2.22. The minimum absolute atomic E-state index is 0.0788. The molecule has 0 bridgehead atoms. The predicted octanol–water partition coefficient (Wildman–Crippen LogP) is 1.52. The minimum Gasteiger partial charge on any atom is -0.459 e. The standard InChI is InChI=1S/C15H20N2O7/c1-15(2,3)24-14(20)16-12(8-18)13(19)23-9-10-4-6-11(7-5-10)17(21)22/h4-7,12,18H,8-9H2,1-3H3,(H,16,20). The van der Waals surface area contributed by atoms with Crippen LogP contribution >= 0.6 is 0 Å². The maximum Gasteiger partial charge on any atom is 0.408 e. The predicted molar refractivity (Wildman–Crippen MR) is 83.1 cm³/mol. The van der Waals surface area contributed by atoms with Gasteiger partial charge < -0.3 is 19.9 Å². The molecule has 0 saturated carbocycles. The number of hydrogen-bond donors (Lipinski definition) is 2. The van der Waals surface area contributed by atoms with Crippen molar-refractivity contribution in [3.8, 4) is 0 Å². The Bertz CT molecular complexity index is 593. The number of benzene rings is 1. The molecule has 1 amide bonds. The fraction of sp³-hybridized carbons (Fsp3) is 0.467. The third-order valence-electron chi connectivity index (χ3n) is 2.69. The summed E-state index contributed by atoms with van der Waals surface area (Å²) in [5, 5.41) is 21.9. The zero-order valence-electron chi connectivity index (χ0n) is 13.6. The van der Waals surface area contributed by atoms with Gasteiger partial charge in [-0.3, -0.25) is 10.1 Å². The van der Waals surface area contributed by atoms with Crippen molar-refractivity contribution in [3.05, 3.63) is 39.9 Å². The first kappa shape index (κ1) is 19.4. The SMILES string of the molecule is CC(C)(C)OC(=O)NC(CO)C(=O)OCc1ccc([N+](=O)[O-])cc1. The Kier molecular flexibility index (Phi) is 6.66. The van der Waals surface area contributed by atoms with Crippen LogP contribution in [0.1, 0.15) is 26.3 Å². The van der Waals surface area contributed by atoms with Crippen LogP contribution < -0.4 is 5.32 Å². The summed E-state index contributed by atoms with van der Waals surface area (Å²) in [7, 11) is 0. The molecule has 1 unspecified atom stereocenters. The van der Waals surface area contributed by atoms with Gasteiger partial charge in [-0.25, -0.2) is 9.59 Å². The molecule has 0 aliphatic rings. The molecule has 1 aromatic carbocycles. The number of aliphatic hydroxyl groups excluding tert-OH is 1. The first-order valence-electron chi connectivity index (χ1n) is 7.12. The van der Waals surface area contributed by atoms with Gasteiger partial charge in [0.15, 0.2) is 6.04 Å². The molecule has 0 fully saturated rings. The van der Waals surface area contributed by atoms with Gasteiger partial charge in [-0.15, -0.1) is 0 Å². The third-order valence-corrected chi connectivity index (χ3v) is 2.69. The van der Waals surface area contributed by atoms with E-state index in [0.29, 0.717) is 5.56 Å². The number of carbonyl (C=O) groups excluding carboxylic acids is 2. The molecule has 9 nitrogen and oxygen atoms in total. The van der Waals surface area contributed by atoms with Crippen LogP contribution in [0, 0.1) is 10.1 Å². The Morgan fingerprint density at radius 3 is 2.33 bits per heavy atom. The largest absolute Gasteiger partial charge is 0.459 e. The van der Waals surface area contributed by atoms with Crippen LogP contribution in [0.5, 0.6) is 0 Å². The summed E-state index contributed by atoms with van der Waals surface area (Å²) in [6.07, 6.45) is -0.853. The average molecular weight is 340 g/mol. The van der Waals surface area contributed by atoms with Crippen LogP contribution in [0.25, 0.3) is 0 Å². The van der Waals surface area contributed by atoms with Crippen molar-refractivity contribution in [2.24, 2.45) is 0 Å². The first-order chi connectivity index (χ1) is 11.1. The summed E-state index contributed by atoms with van der Waals surface area (Å²) < 4.78 is 9.96. The monoisotopic (exact) mass is 340 g/mol. The zero-order valence-corrected chi connectivity index (χ0v) is 13.6. The van der Waals surface area contributed by atoms with Crippen molar-refractivity contribution >= 4 is 17.7 Å². The van der Waals surface area contributed by atoms with Gasteiger partial charge in [-0.05, 0) is 38.5 Å². The minimum atomic E-state index is -1.27. The molecule has 2 N–H and O–H groups in total. The van der Waals surface area contributed by atoms with Gasteiger partial charge in [0, 0.05) is 12.1 Å². The smallest absolute Gasteiger partial charge is 0.408 e. The average Bonchev–Trinajstić information content (AvgIpc) is 2.48.